The maximum absolute atomic E-state index is 13.8. The van der Waals surface area contributed by atoms with E-state index in [0.717, 1.165) is 41.6 Å². The van der Waals surface area contributed by atoms with E-state index in [4.69, 9.17) is 10.5 Å². The minimum absolute atomic E-state index is 0.195. The number of nitrogens with zero attached hydrogens (tertiary/aromatic N) is 9. The third-order valence-corrected chi connectivity index (χ3v) is 10.6. The lowest BCUT2D eigenvalue weighted by molar-refractivity contribution is 0.0525. The summed E-state index contributed by atoms with van der Waals surface area (Å²) in [6.07, 6.45) is 2.96. The monoisotopic (exact) mass is 863 g/mol. The van der Waals surface area contributed by atoms with Gasteiger partial charge in [0.15, 0.2) is 0 Å². The molecule has 4 heterocycles. The number of amides is 5. The largest absolute Gasteiger partial charge is 0.444 e. The Hall–Kier alpha value is -7.05. The van der Waals surface area contributed by atoms with Crippen molar-refractivity contribution < 1.29 is 28.7 Å². The van der Waals surface area contributed by atoms with Gasteiger partial charge in [0.25, 0.3) is 17.7 Å². The van der Waals surface area contributed by atoms with E-state index in [1.165, 1.54) is 0 Å². The molecule has 0 bridgehead atoms. The number of nitrogens with two attached hydrogens (primary N) is 1. The molecule has 0 radical (unpaired) electrons. The Labute approximate surface area is 365 Å². The summed E-state index contributed by atoms with van der Waals surface area (Å²) in [4.78, 5) is 75.1. The summed E-state index contributed by atoms with van der Waals surface area (Å²) < 4.78 is 12.2. The molecule has 0 aliphatic carbocycles. The number of nitrogens with one attached hydrogen (secondary N) is 3. The predicted molar refractivity (Wildman–Crippen MR) is 239 cm³/mol. The normalized spacial score (nSPS) is 11.6. The van der Waals surface area contributed by atoms with Crippen molar-refractivity contribution in [3.63, 3.8) is 0 Å². The second-order valence-corrected chi connectivity index (χ2v) is 16.6. The number of unbranched alkanes of at least 4 members (excludes halogenated alkanes) is 2. The average Bonchev–Trinajstić information content (AvgIpc) is 3.95. The molecule has 0 unspecified atom stereocenters. The highest BCUT2D eigenvalue weighted by molar-refractivity contribution is 6.05. The lowest BCUT2D eigenvalue weighted by Gasteiger charge is -2.20. The van der Waals surface area contributed by atoms with E-state index in [1.807, 2.05) is 20.8 Å². The molecule has 0 saturated carbocycles. The fourth-order valence-electron chi connectivity index (χ4n) is 7.42. The third-order valence-electron chi connectivity index (χ3n) is 10.6. The molecule has 19 heteroatoms. The average molecular weight is 864 g/mol. The molecule has 0 saturated heterocycles. The number of primary amides is 1. The molecule has 0 spiro atoms. The van der Waals surface area contributed by atoms with Gasteiger partial charge in [-0.3, -0.25) is 39.2 Å². The Morgan fingerprint density at radius 3 is 2.03 bits per heavy atom. The van der Waals surface area contributed by atoms with Gasteiger partial charge < -0.3 is 29.8 Å². The minimum Gasteiger partial charge on any atom is -0.444 e. The van der Waals surface area contributed by atoms with Crippen LogP contribution in [0.3, 0.4) is 0 Å². The molecule has 6 aromatic rings. The van der Waals surface area contributed by atoms with Crippen LogP contribution in [0.5, 0.6) is 0 Å². The maximum atomic E-state index is 13.8. The number of aryl methyl sites for hydroxylation is 6. The molecule has 2 aromatic carbocycles. The summed E-state index contributed by atoms with van der Waals surface area (Å²) in [6.45, 7) is 12.8. The first-order chi connectivity index (χ1) is 29.8. The van der Waals surface area contributed by atoms with Crippen LogP contribution in [0.1, 0.15) is 112 Å². The number of rotatable bonds is 17. The number of hydrogen-bond donors (Lipinski definition) is 4. The summed E-state index contributed by atoms with van der Waals surface area (Å²) in [5.74, 6) is -0.791. The number of hydrogen-bond acceptors (Lipinski definition) is 10. The van der Waals surface area contributed by atoms with Crippen molar-refractivity contribution in [2.45, 2.75) is 92.3 Å². The summed E-state index contributed by atoms with van der Waals surface area (Å²) in [6, 6.07) is 11.9. The number of anilines is 2. The van der Waals surface area contributed by atoms with Crippen molar-refractivity contribution in [3.05, 3.63) is 81.9 Å². The van der Waals surface area contributed by atoms with Crippen LogP contribution < -0.4 is 21.7 Å². The van der Waals surface area contributed by atoms with Crippen LogP contribution in [0, 0.1) is 13.8 Å². The standard InChI is InChI=1S/C44H57N13O6/c1-10-56-36(39(60)50-42-47-31-24-28(37(45)58)16-18-33(31)55(42)9)30(27(3)52-56)15-12-11-13-22-57-35(23-26(2)51-57)38(59)49-41-48-32-25-29(17-19-34(32)54(41)8)40(61)53(7)21-14-20-46-43(62)63-44(4,5)6/h16-19,23-25H,10-15,20-22H2,1-9H3,(H2,45,58)(H,46,62)(H,47,50,60)(H,48,49,59). The van der Waals surface area contributed by atoms with E-state index in [2.05, 4.69) is 36.1 Å². The van der Waals surface area contributed by atoms with Gasteiger partial charge in [-0.1, -0.05) is 6.42 Å². The van der Waals surface area contributed by atoms with Crippen molar-refractivity contribution in [1.29, 1.82) is 0 Å². The molecule has 0 atom stereocenters. The topological polar surface area (TPSA) is 231 Å². The number of ether oxygens (including phenoxy) is 1. The molecule has 63 heavy (non-hydrogen) atoms. The smallest absolute Gasteiger partial charge is 0.407 e. The third kappa shape index (κ3) is 10.5. The summed E-state index contributed by atoms with van der Waals surface area (Å²) in [5, 5.41) is 17.8. The number of carbonyl (C=O) groups is 5. The van der Waals surface area contributed by atoms with E-state index < -0.39 is 17.6 Å². The second-order valence-electron chi connectivity index (χ2n) is 16.6. The van der Waals surface area contributed by atoms with Gasteiger partial charge in [-0.15, -0.1) is 0 Å². The van der Waals surface area contributed by atoms with Crippen LogP contribution in [-0.4, -0.2) is 99.0 Å². The number of fused-ring (bicyclic) bond motifs is 2. The van der Waals surface area contributed by atoms with E-state index >= 15 is 0 Å². The van der Waals surface area contributed by atoms with Crippen LogP contribution in [-0.2, 0) is 38.3 Å². The number of carbonyl (C=O) groups excluding carboxylic acids is 5. The highest BCUT2D eigenvalue weighted by Gasteiger charge is 2.24. The molecule has 0 aliphatic rings. The zero-order valence-corrected chi connectivity index (χ0v) is 37.5. The van der Waals surface area contributed by atoms with E-state index in [-0.39, 0.29) is 17.7 Å². The first-order valence-corrected chi connectivity index (χ1v) is 21.0. The lowest BCUT2D eigenvalue weighted by atomic mass is 10.0. The van der Waals surface area contributed by atoms with Crippen LogP contribution in [0.2, 0.25) is 0 Å². The van der Waals surface area contributed by atoms with Gasteiger partial charge in [0.2, 0.25) is 17.8 Å². The first kappa shape index (κ1) is 45.5. The van der Waals surface area contributed by atoms with Gasteiger partial charge >= 0.3 is 6.09 Å². The molecule has 19 nitrogen and oxygen atoms in total. The number of alkyl carbamates (subject to hydrolysis) is 1. The van der Waals surface area contributed by atoms with Gasteiger partial charge in [-0.05, 0) is 110 Å². The Balaban J connectivity index is 1.04. The van der Waals surface area contributed by atoms with Crippen LogP contribution >= 0.6 is 0 Å². The highest BCUT2D eigenvalue weighted by Crippen LogP contribution is 2.24. The quantitative estimate of drug-likeness (QED) is 0.0842. The zero-order valence-electron chi connectivity index (χ0n) is 37.5. The summed E-state index contributed by atoms with van der Waals surface area (Å²) in [7, 11) is 5.28. The van der Waals surface area contributed by atoms with Gasteiger partial charge in [0.1, 0.15) is 17.0 Å². The minimum atomic E-state index is -0.589. The van der Waals surface area contributed by atoms with Gasteiger partial charge in [0, 0.05) is 64.0 Å². The van der Waals surface area contributed by atoms with Gasteiger partial charge in [0.05, 0.1) is 33.5 Å². The molecule has 334 valence electrons. The highest BCUT2D eigenvalue weighted by atomic mass is 16.6. The number of aromatic nitrogens is 8. The molecule has 5 N–H and O–H groups in total. The Bertz CT molecular complexity index is 2700. The molecular formula is C44H57N13O6. The van der Waals surface area contributed by atoms with Gasteiger partial charge in [-0.2, -0.15) is 10.2 Å². The zero-order chi connectivity index (χ0) is 45.7. The molecule has 5 amide bonds. The predicted octanol–water partition coefficient (Wildman–Crippen LogP) is 5.49. The van der Waals surface area contributed by atoms with Crippen LogP contribution in [0.4, 0.5) is 16.7 Å². The Morgan fingerprint density at radius 2 is 1.41 bits per heavy atom. The maximum Gasteiger partial charge on any atom is 0.407 e. The fraction of sp³-hybridized carbons (Fsp3) is 0.432. The summed E-state index contributed by atoms with van der Waals surface area (Å²) in [5.41, 5.74) is 11.4. The Kier molecular flexibility index (Phi) is 13.7. The van der Waals surface area contributed by atoms with Crippen molar-refractivity contribution >= 4 is 63.7 Å². The SMILES string of the molecule is CCn1nc(C)c(CCCCCn2nc(C)cc2C(=O)Nc2nc3cc(C(=O)N(C)CCCNC(=O)OC(C)(C)C)ccc3n2C)c1C(=O)Nc1nc2cc(C(N)=O)ccc2n1C. The van der Waals surface area contributed by atoms with Crippen molar-refractivity contribution in [3.8, 4) is 0 Å². The van der Waals surface area contributed by atoms with Crippen molar-refractivity contribution in [2.24, 2.45) is 19.8 Å². The van der Waals surface area contributed by atoms with Crippen LogP contribution in [0.25, 0.3) is 22.1 Å². The fourth-order valence-corrected chi connectivity index (χ4v) is 7.42. The number of imidazole rings is 2. The van der Waals surface area contributed by atoms with E-state index in [1.54, 1.807) is 108 Å². The van der Waals surface area contributed by atoms with Crippen molar-refractivity contribution in [1.82, 2.24) is 48.9 Å². The summed E-state index contributed by atoms with van der Waals surface area (Å²) >= 11 is 0. The molecule has 6 rings (SSSR count). The molecule has 0 aliphatic heterocycles. The van der Waals surface area contributed by atoms with Gasteiger partial charge in [-0.25, -0.2) is 14.8 Å². The van der Waals surface area contributed by atoms with E-state index in [9.17, 15) is 24.0 Å². The van der Waals surface area contributed by atoms with Crippen LogP contribution in [0.15, 0.2) is 42.5 Å². The lowest BCUT2D eigenvalue weighted by Crippen LogP contribution is -2.35. The molecule has 0 fully saturated rings. The first-order valence-electron chi connectivity index (χ1n) is 21.0. The van der Waals surface area contributed by atoms with Crippen molar-refractivity contribution in [2.75, 3.05) is 30.8 Å². The second kappa shape index (κ2) is 18.9. The van der Waals surface area contributed by atoms with E-state index in [0.29, 0.717) is 90.2 Å². The Morgan fingerprint density at radius 1 is 0.794 bits per heavy atom. The molecular weight excluding hydrogens is 807 g/mol. The number of benzene rings is 2. The molecule has 4 aromatic heterocycles.